The molecule has 2 atom stereocenters. The molecule has 4 heteroatoms. The molecule has 100 valence electrons. The van der Waals surface area contributed by atoms with E-state index in [1.54, 1.807) is 12.1 Å². The number of hydrogen-bond acceptors (Lipinski definition) is 3. The molecule has 1 fully saturated rings. The number of aliphatic hydroxyl groups is 2. The Kier molecular flexibility index (Phi) is 4.62. The van der Waals surface area contributed by atoms with E-state index in [1.807, 2.05) is 24.1 Å². The van der Waals surface area contributed by atoms with Crippen LogP contribution in [0.15, 0.2) is 24.3 Å². The third kappa shape index (κ3) is 3.95. The second kappa shape index (κ2) is 6.02. The number of rotatable bonds is 6. The number of halogens is 1. The summed E-state index contributed by atoms with van der Waals surface area (Å²) in [6, 6.07) is 7.26. The summed E-state index contributed by atoms with van der Waals surface area (Å²) in [6.07, 6.45) is 1.43. The molecule has 1 saturated carbocycles. The van der Waals surface area contributed by atoms with Crippen molar-refractivity contribution in [2.45, 2.75) is 25.0 Å². The average Bonchev–Trinajstić information content (AvgIpc) is 3.12. The fraction of sp³-hybridized carbons (Fsp3) is 0.571. The predicted octanol–water partition coefficient (Wildman–Crippen LogP) is 2.08. The molecule has 0 heterocycles. The summed E-state index contributed by atoms with van der Waals surface area (Å²) in [5.41, 5.74) is 0.815. The number of nitrogens with zero attached hydrogens (tertiary/aromatic N) is 1. The van der Waals surface area contributed by atoms with Crippen LogP contribution in [0.4, 0.5) is 0 Å². The van der Waals surface area contributed by atoms with Crippen molar-refractivity contribution in [1.82, 2.24) is 4.90 Å². The first-order valence-corrected chi connectivity index (χ1v) is 6.74. The highest BCUT2D eigenvalue weighted by Crippen LogP contribution is 2.32. The Balaban J connectivity index is 1.84. The maximum atomic E-state index is 10.1. The SMILES string of the molecule is CN(CC(O)c1cccc(Cl)c1)CC(O)C1CC1. The van der Waals surface area contributed by atoms with Gasteiger partial charge in [-0.25, -0.2) is 0 Å². The normalized spacial score (nSPS) is 18.9. The molecule has 18 heavy (non-hydrogen) atoms. The fourth-order valence-corrected chi connectivity index (χ4v) is 2.34. The van der Waals surface area contributed by atoms with Crippen LogP contribution in [0.3, 0.4) is 0 Å². The number of aliphatic hydroxyl groups excluding tert-OH is 2. The van der Waals surface area contributed by atoms with Gasteiger partial charge in [0.1, 0.15) is 0 Å². The summed E-state index contributed by atoms with van der Waals surface area (Å²) >= 11 is 5.89. The van der Waals surface area contributed by atoms with Crippen molar-refractivity contribution in [3.05, 3.63) is 34.9 Å². The Morgan fingerprint density at radius 1 is 1.33 bits per heavy atom. The molecule has 2 N–H and O–H groups in total. The number of hydrogen-bond donors (Lipinski definition) is 2. The van der Waals surface area contributed by atoms with E-state index in [0.717, 1.165) is 18.4 Å². The first-order chi connectivity index (χ1) is 8.56. The molecule has 0 amide bonds. The smallest absolute Gasteiger partial charge is 0.0917 e. The van der Waals surface area contributed by atoms with Crippen molar-refractivity contribution in [3.63, 3.8) is 0 Å². The van der Waals surface area contributed by atoms with Gasteiger partial charge in [-0.2, -0.15) is 0 Å². The minimum absolute atomic E-state index is 0.262. The molecule has 1 aliphatic carbocycles. The Labute approximate surface area is 113 Å². The van der Waals surface area contributed by atoms with E-state index >= 15 is 0 Å². The summed E-state index contributed by atoms with van der Waals surface area (Å²) in [5, 5.41) is 20.6. The lowest BCUT2D eigenvalue weighted by molar-refractivity contribution is 0.0733. The van der Waals surface area contributed by atoms with Crippen molar-refractivity contribution in [1.29, 1.82) is 0 Å². The van der Waals surface area contributed by atoms with E-state index in [-0.39, 0.29) is 6.10 Å². The molecule has 1 aromatic carbocycles. The van der Waals surface area contributed by atoms with Crippen molar-refractivity contribution in [2.24, 2.45) is 5.92 Å². The third-order valence-electron chi connectivity index (χ3n) is 3.38. The Hall–Kier alpha value is -0.610. The van der Waals surface area contributed by atoms with Crippen LogP contribution >= 0.6 is 11.6 Å². The number of benzene rings is 1. The van der Waals surface area contributed by atoms with Crippen LogP contribution in [0.1, 0.15) is 24.5 Å². The monoisotopic (exact) mass is 269 g/mol. The van der Waals surface area contributed by atoms with Crippen LogP contribution in [-0.4, -0.2) is 41.4 Å². The molecule has 0 aliphatic heterocycles. The highest BCUT2D eigenvalue weighted by molar-refractivity contribution is 6.30. The zero-order valence-corrected chi connectivity index (χ0v) is 11.3. The molecule has 1 aromatic rings. The summed E-state index contributed by atoms with van der Waals surface area (Å²) in [5.74, 6) is 0.468. The molecule has 3 nitrogen and oxygen atoms in total. The summed E-state index contributed by atoms with van der Waals surface area (Å²) in [4.78, 5) is 1.97. The second-order valence-corrected chi connectivity index (χ2v) is 5.63. The van der Waals surface area contributed by atoms with Gasteiger partial charge in [0.25, 0.3) is 0 Å². The second-order valence-electron chi connectivity index (χ2n) is 5.20. The Bertz CT molecular complexity index is 395. The van der Waals surface area contributed by atoms with Gasteiger partial charge in [-0.1, -0.05) is 23.7 Å². The Morgan fingerprint density at radius 3 is 2.67 bits per heavy atom. The molecular formula is C14H20ClNO2. The highest BCUT2D eigenvalue weighted by Gasteiger charge is 2.30. The van der Waals surface area contributed by atoms with E-state index in [9.17, 15) is 10.2 Å². The van der Waals surface area contributed by atoms with Crippen molar-refractivity contribution in [2.75, 3.05) is 20.1 Å². The van der Waals surface area contributed by atoms with Gasteiger partial charge >= 0.3 is 0 Å². The van der Waals surface area contributed by atoms with Crippen LogP contribution in [0, 0.1) is 5.92 Å². The van der Waals surface area contributed by atoms with Crippen LogP contribution in [0.25, 0.3) is 0 Å². The summed E-state index contributed by atoms with van der Waals surface area (Å²) < 4.78 is 0. The van der Waals surface area contributed by atoms with Gasteiger partial charge in [-0.15, -0.1) is 0 Å². The fourth-order valence-electron chi connectivity index (χ4n) is 2.14. The van der Waals surface area contributed by atoms with Gasteiger partial charge in [0.2, 0.25) is 0 Å². The molecule has 0 bridgehead atoms. The summed E-state index contributed by atoms with van der Waals surface area (Å²) in [6.45, 7) is 1.12. The van der Waals surface area contributed by atoms with Crippen LogP contribution in [0.5, 0.6) is 0 Å². The largest absolute Gasteiger partial charge is 0.392 e. The van der Waals surface area contributed by atoms with E-state index in [2.05, 4.69) is 0 Å². The van der Waals surface area contributed by atoms with Crippen LogP contribution < -0.4 is 0 Å². The number of likely N-dealkylation sites (N-methyl/N-ethyl adjacent to an activating group) is 1. The van der Waals surface area contributed by atoms with E-state index in [1.165, 1.54) is 0 Å². The van der Waals surface area contributed by atoms with Gasteiger partial charge in [0, 0.05) is 18.1 Å². The lowest BCUT2D eigenvalue weighted by Gasteiger charge is -2.23. The molecule has 0 saturated heterocycles. The van der Waals surface area contributed by atoms with E-state index in [0.29, 0.717) is 24.0 Å². The minimum atomic E-state index is -0.569. The Morgan fingerprint density at radius 2 is 2.06 bits per heavy atom. The van der Waals surface area contributed by atoms with Gasteiger partial charge < -0.3 is 15.1 Å². The topological polar surface area (TPSA) is 43.7 Å². The lowest BCUT2D eigenvalue weighted by atomic mass is 10.1. The molecular weight excluding hydrogens is 250 g/mol. The molecule has 1 aliphatic rings. The summed E-state index contributed by atoms with van der Waals surface area (Å²) in [7, 11) is 1.92. The third-order valence-corrected chi connectivity index (χ3v) is 3.62. The quantitative estimate of drug-likeness (QED) is 0.831. The van der Waals surface area contributed by atoms with Gasteiger partial charge in [-0.05, 0) is 43.5 Å². The average molecular weight is 270 g/mol. The van der Waals surface area contributed by atoms with Gasteiger partial charge in [0.15, 0.2) is 0 Å². The van der Waals surface area contributed by atoms with Crippen molar-refractivity contribution < 1.29 is 10.2 Å². The zero-order chi connectivity index (χ0) is 13.1. The first-order valence-electron chi connectivity index (χ1n) is 6.36. The molecule has 2 unspecified atom stereocenters. The van der Waals surface area contributed by atoms with E-state index < -0.39 is 6.10 Å². The molecule has 0 aromatic heterocycles. The highest BCUT2D eigenvalue weighted by atomic mass is 35.5. The van der Waals surface area contributed by atoms with E-state index in [4.69, 9.17) is 11.6 Å². The zero-order valence-electron chi connectivity index (χ0n) is 10.6. The van der Waals surface area contributed by atoms with Gasteiger partial charge in [0.05, 0.1) is 12.2 Å². The maximum Gasteiger partial charge on any atom is 0.0917 e. The molecule has 0 spiro atoms. The molecule has 2 rings (SSSR count). The van der Waals surface area contributed by atoms with Crippen LogP contribution in [0.2, 0.25) is 5.02 Å². The first kappa shape index (κ1) is 13.8. The van der Waals surface area contributed by atoms with Crippen molar-refractivity contribution >= 4 is 11.6 Å². The predicted molar refractivity (Wildman–Crippen MR) is 72.6 cm³/mol. The van der Waals surface area contributed by atoms with Gasteiger partial charge in [-0.3, -0.25) is 0 Å². The van der Waals surface area contributed by atoms with Crippen LogP contribution in [-0.2, 0) is 0 Å². The molecule has 0 radical (unpaired) electrons. The lowest BCUT2D eigenvalue weighted by Crippen LogP contribution is -2.33. The maximum absolute atomic E-state index is 10.1. The van der Waals surface area contributed by atoms with Crippen molar-refractivity contribution in [3.8, 4) is 0 Å². The standard InChI is InChI=1S/C14H20ClNO2/c1-16(8-13(17)10-5-6-10)9-14(18)11-3-2-4-12(15)7-11/h2-4,7,10,13-14,17-18H,5-6,8-9H2,1H3. The minimum Gasteiger partial charge on any atom is -0.392 e.